The fourth-order valence-corrected chi connectivity index (χ4v) is 4.26. The van der Waals surface area contributed by atoms with Crippen LogP contribution in [0.25, 0.3) is 0 Å². The lowest BCUT2D eigenvalue weighted by molar-refractivity contribution is -0.153. The van der Waals surface area contributed by atoms with E-state index < -0.39 is 11.5 Å². The molecule has 3 heteroatoms. The molecule has 1 aliphatic carbocycles. The zero-order valence-electron chi connectivity index (χ0n) is 12.0. The van der Waals surface area contributed by atoms with Crippen molar-refractivity contribution in [1.82, 2.24) is 4.90 Å². The predicted octanol–water partition coefficient (Wildman–Crippen LogP) is 3.28. The summed E-state index contributed by atoms with van der Waals surface area (Å²) in [4.78, 5) is 14.2. The molecule has 1 N–H and O–H groups in total. The Hall–Kier alpha value is -0.570. The Labute approximate surface area is 111 Å². The van der Waals surface area contributed by atoms with Crippen LogP contribution in [0.4, 0.5) is 0 Å². The maximum atomic E-state index is 11.8. The molecule has 0 bridgehead atoms. The van der Waals surface area contributed by atoms with E-state index in [-0.39, 0.29) is 5.41 Å². The van der Waals surface area contributed by atoms with Gasteiger partial charge in [-0.15, -0.1) is 0 Å². The molecule has 0 aromatic rings. The average molecular weight is 253 g/mol. The van der Waals surface area contributed by atoms with E-state index >= 15 is 0 Å². The van der Waals surface area contributed by atoms with Gasteiger partial charge in [-0.2, -0.15) is 0 Å². The number of carbonyl (C=O) groups is 1. The van der Waals surface area contributed by atoms with E-state index in [0.29, 0.717) is 6.04 Å². The van der Waals surface area contributed by atoms with E-state index in [0.717, 1.165) is 32.2 Å². The molecule has 2 atom stereocenters. The Morgan fingerprint density at radius 3 is 2.56 bits per heavy atom. The Kier molecular flexibility index (Phi) is 3.72. The number of carboxylic acid groups (broad SMARTS) is 1. The second-order valence-electron chi connectivity index (χ2n) is 6.78. The second-order valence-corrected chi connectivity index (χ2v) is 6.78. The lowest BCUT2D eigenvalue weighted by Crippen LogP contribution is -2.57. The summed E-state index contributed by atoms with van der Waals surface area (Å²) < 4.78 is 0. The third-order valence-electron chi connectivity index (χ3n) is 5.18. The van der Waals surface area contributed by atoms with E-state index in [2.05, 4.69) is 25.7 Å². The molecule has 1 aliphatic heterocycles. The molecule has 2 unspecified atom stereocenters. The monoisotopic (exact) mass is 253 g/mol. The maximum absolute atomic E-state index is 11.8. The molecule has 0 spiro atoms. The van der Waals surface area contributed by atoms with Crippen molar-refractivity contribution in [1.29, 1.82) is 0 Å². The lowest BCUT2D eigenvalue weighted by atomic mass is 9.82. The third kappa shape index (κ3) is 2.07. The van der Waals surface area contributed by atoms with Crippen LogP contribution in [-0.2, 0) is 4.79 Å². The van der Waals surface area contributed by atoms with Gasteiger partial charge in [0, 0.05) is 6.04 Å². The molecule has 1 saturated carbocycles. The highest BCUT2D eigenvalue weighted by molar-refractivity contribution is 5.79. The lowest BCUT2D eigenvalue weighted by Gasteiger charge is -2.44. The zero-order chi connectivity index (χ0) is 13.4. The van der Waals surface area contributed by atoms with Crippen molar-refractivity contribution in [3.63, 3.8) is 0 Å². The summed E-state index contributed by atoms with van der Waals surface area (Å²) in [7, 11) is 0. The summed E-state index contributed by atoms with van der Waals surface area (Å²) in [6, 6.07) is 0.461. The molecule has 2 fully saturated rings. The van der Waals surface area contributed by atoms with Crippen molar-refractivity contribution >= 4 is 5.97 Å². The van der Waals surface area contributed by atoms with Crippen LogP contribution in [0.5, 0.6) is 0 Å². The van der Waals surface area contributed by atoms with Gasteiger partial charge in [-0.25, -0.2) is 0 Å². The molecule has 0 amide bonds. The molecule has 2 rings (SSSR count). The van der Waals surface area contributed by atoms with Gasteiger partial charge in [-0.05, 0) is 44.1 Å². The first-order chi connectivity index (χ1) is 8.44. The number of likely N-dealkylation sites (tertiary alicyclic amines) is 1. The number of rotatable bonds is 4. The largest absolute Gasteiger partial charge is 0.480 e. The minimum atomic E-state index is -0.593. The van der Waals surface area contributed by atoms with Crippen molar-refractivity contribution < 1.29 is 9.90 Å². The molecule has 1 saturated heterocycles. The topological polar surface area (TPSA) is 40.5 Å². The molecule has 3 nitrogen and oxygen atoms in total. The van der Waals surface area contributed by atoms with Gasteiger partial charge < -0.3 is 5.11 Å². The zero-order valence-corrected chi connectivity index (χ0v) is 12.0. The average Bonchev–Trinajstić information content (AvgIpc) is 2.82. The standard InChI is InChI=1S/C15H27NO2/c1-4-8-15(13(17)18)10-6-11-16(15)12-7-5-9-14(12,2)3/h12H,4-11H2,1-3H3,(H,17,18). The fraction of sp³-hybridized carbons (Fsp3) is 0.933. The van der Waals surface area contributed by atoms with Gasteiger partial charge >= 0.3 is 5.97 Å². The number of nitrogens with zero attached hydrogens (tertiary/aromatic N) is 1. The van der Waals surface area contributed by atoms with Crippen LogP contribution in [0.3, 0.4) is 0 Å². The molecule has 0 aromatic heterocycles. The quantitative estimate of drug-likeness (QED) is 0.836. The summed E-state index contributed by atoms with van der Waals surface area (Å²) >= 11 is 0. The van der Waals surface area contributed by atoms with Crippen LogP contribution in [-0.4, -0.2) is 34.1 Å². The summed E-state index contributed by atoms with van der Waals surface area (Å²) in [6.07, 6.45) is 7.28. The summed E-state index contributed by atoms with van der Waals surface area (Å²) in [5.41, 5.74) is -0.292. The molecule has 104 valence electrons. The van der Waals surface area contributed by atoms with E-state index in [1.807, 2.05) is 0 Å². The van der Waals surface area contributed by atoms with Crippen molar-refractivity contribution in [3.05, 3.63) is 0 Å². The Morgan fingerprint density at radius 2 is 2.06 bits per heavy atom. The van der Waals surface area contributed by atoms with E-state index in [4.69, 9.17) is 0 Å². The van der Waals surface area contributed by atoms with E-state index in [9.17, 15) is 9.90 Å². The van der Waals surface area contributed by atoms with Gasteiger partial charge in [0.1, 0.15) is 5.54 Å². The van der Waals surface area contributed by atoms with E-state index in [1.54, 1.807) is 0 Å². The van der Waals surface area contributed by atoms with Gasteiger partial charge in [0.2, 0.25) is 0 Å². The van der Waals surface area contributed by atoms with Crippen molar-refractivity contribution in [2.75, 3.05) is 6.54 Å². The number of hydrogen-bond donors (Lipinski definition) is 1. The smallest absolute Gasteiger partial charge is 0.324 e. The van der Waals surface area contributed by atoms with Gasteiger partial charge in [-0.3, -0.25) is 9.69 Å². The van der Waals surface area contributed by atoms with Crippen LogP contribution in [0.2, 0.25) is 0 Å². The predicted molar refractivity (Wildman–Crippen MR) is 72.6 cm³/mol. The maximum Gasteiger partial charge on any atom is 0.324 e. The molecule has 0 aromatic carbocycles. The van der Waals surface area contributed by atoms with Crippen LogP contribution in [0, 0.1) is 5.41 Å². The molecular weight excluding hydrogens is 226 g/mol. The number of carboxylic acids is 1. The molecule has 1 heterocycles. The van der Waals surface area contributed by atoms with Gasteiger partial charge in [0.05, 0.1) is 0 Å². The van der Waals surface area contributed by atoms with Crippen LogP contribution in [0.1, 0.15) is 65.7 Å². The molecular formula is C15H27NO2. The summed E-state index contributed by atoms with van der Waals surface area (Å²) in [5, 5.41) is 9.75. The number of aliphatic carboxylic acids is 1. The summed E-state index contributed by atoms with van der Waals surface area (Å²) in [6.45, 7) is 7.68. The van der Waals surface area contributed by atoms with Gasteiger partial charge in [0.25, 0.3) is 0 Å². The van der Waals surface area contributed by atoms with Crippen LogP contribution >= 0.6 is 0 Å². The van der Waals surface area contributed by atoms with Gasteiger partial charge in [0.15, 0.2) is 0 Å². The third-order valence-corrected chi connectivity index (χ3v) is 5.18. The molecule has 2 aliphatic rings. The highest BCUT2D eigenvalue weighted by Gasteiger charge is 2.53. The van der Waals surface area contributed by atoms with E-state index in [1.165, 1.54) is 19.3 Å². The van der Waals surface area contributed by atoms with Crippen molar-refractivity contribution in [2.45, 2.75) is 77.3 Å². The minimum absolute atomic E-state index is 0.277. The Bertz CT molecular complexity index is 326. The summed E-state index contributed by atoms with van der Waals surface area (Å²) in [5.74, 6) is -0.593. The van der Waals surface area contributed by atoms with Gasteiger partial charge in [-0.1, -0.05) is 33.6 Å². The van der Waals surface area contributed by atoms with Crippen molar-refractivity contribution in [3.8, 4) is 0 Å². The SMILES string of the molecule is CCCC1(C(=O)O)CCCN1C1CCCC1(C)C. The normalized spacial score (nSPS) is 36.1. The molecule has 18 heavy (non-hydrogen) atoms. The Morgan fingerprint density at radius 1 is 1.33 bits per heavy atom. The van der Waals surface area contributed by atoms with Crippen LogP contribution < -0.4 is 0 Å². The number of hydrogen-bond acceptors (Lipinski definition) is 2. The highest BCUT2D eigenvalue weighted by Crippen LogP contribution is 2.47. The fourth-order valence-electron chi connectivity index (χ4n) is 4.26. The minimum Gasteiger partial charge on any atom is -0.480 e. The second kappa shape index (κ2) is 4.84. The first-order valence-corrected chi connectivity index (χ1v) is 7.44. The van der Waals surface area contributed by atoms with Crippen LogP contribution in [0.15, 0.2) is 0 Å². The van der Waals surface area contributed by atoms with Crippen molar-refractivity contribution in [2.24, 2.45) is 5.41 Å². The Balaban J connectivity index is 2.27. The first kappa shape index (κ1) is 13.9. The first-order valence-electron chi connectivity index (χ1n) is 7.44. The molecule has 0 radical (unpaired) electrons. The highest BCUT2D eigenvalue weighted by atomic mass is 16.4.